The first kappa shape index (κ1) is 8.20. The third-order valence-electron chi connectivity index (χ3n) is 1.38. The Labute approximate surface area is 66.4 Å². The van der Waals surface area contributed by atoms with Crippen LogP contribution in [0.4, 0.5) is 0 Å². The standard InChI is InChI=1S/C7H10N2OS/c1-6-7(11(2,8)10)4-3-5-9-6/h3-5,8H,1-2H3/t11-/m0/s1. The van der Waals surface area contributed by atoms with Gasteiger partial charge in [0, 0.05) is 12.5 Å². The van der Waals surface area contributed by atoms with Crippen LogP contribution in [-0.4, -0.2) is 15.4 Å². The lowest BCUT2D eigenvalue weighted by Crippen LogP contribution is -1.98. The third kappa shape index (κ3) is 1.77. The first-order valence-corrected chi connectivity index (χ1v) is 5.14. The van der Waals surface area contributed by atoms with Crippen LogP contribution in [-0.2, 0) is 9.73 Å². The predicted octanol–water partition coefficient (Wildman–Crippen LogP) is 1.43. The van der Waals surface area contributed by atoms with E-state index in [1.807, 2.05) is 0 Å². The van der Waals surface area contributed by atoms with E-state index in [-0.39, 0.29) is 0 Å². The summed E-state index contributed by atoms with van der Waals surface area (Å²) in [6.07, 6.45) is 3.03. The van der Waals surface area contributed by atoms with E-state index in [0.717, 1.165) is 0 Å². The molecule has 4 heteroatoms. The van der Waals surface area contributed by atoms with Crippen LogP contribution in [0, 0.1) is 11.7 Å². The maximum Gasteiger partial charge on any atom is 0.0714 e. The van der Waals surface area contributed by atoms with Crippen molar-refractivity contribution in [2.45, 2.75) is 11.8 Å². The van der Waals surface area contributed by atoms with Gasteiger partial charge in [-0.3, -0.25) is 4.98 Å². The summed E-state index contributed by atoms with van der Waals surface area (Å²) in [5.74, 6) is 0. The third-order valence-corrected chi connectivity index (χ3v) is 2.65. The number of rotatable bonds is 1. The van der Waals surface area contributed by atoms with Crippen LogP contribution in [0.1, 0.15) is 5.69 Å². The first-order valence-electron chi connectivity index (χ1n) is 3.17. The average Bonchev–Trinajstić information content (AvgIpc) is 1.86. The molecule has 1 aromatic heterocycles. The van der Waals surface area contributed by atoms with Gasteiger partial charge in [0.1, 0.15) is 0 Å². The SMILES string of the molecule is Cc1ncccc1[S@@](C)(=N)=O. The fraction of sp³-hybridized carbons (Fsp3) is 0.286. The van der Waals surface area contributed by atoms with Crippen LogP contribution in [0.25, 0.3) is 0 Å². The number of hydrogen-bond donors (Lipinski definition) is 1. The molecule has 1 N–H and O–H groups in total. The molecule has 0 aliphatic rings. The fourth-order valence-corrected chi connectivity index (χ4v) is 1.84. The van der Waals surface area contributed by atoms with Gasteiger partial charge >= 0.3 is 0 Å². The van der Waals surface area contributed by atoms with Crippen molar-refractivity contribution in [3.8, 4) is 0 Å². The van der Waals surface area contributed by atoms with E-state index >= 15 is 0 Å². The zero-order valence-corrected chi connectivity index (χ0v) is 7.31. The Kier molecular flexibility index (Phi) is 1.95. The van der Waals surface area contributed by atoms with Crippen molar-refractivity contribution in [3.63, 3.8) is 0 Å². The Hall–Kier alpha value is -0.900. The van der Waals surface area contributed by atoms with Gasteiger partial charge in [0.15, 0.2) is 0 Å². The molecule has 60 valence electrons. The molecular formula is C7H10N2OS. The van der Waals surface area contributed by atoms with Crippen LogP contribution in [0.15, 0.2) is 23.2 Å². The van der Waals surface area contributed by atoms with E-state index in [4.69, 9.17) is 4.78 Å². The Morgan fingerprint density at radius 2 is 2.27 bits per heavy atom. The Morgan fingerprint density at radius 1 is 1.64 bits per heavy atom. The molecule has 0 fully saturated rings. The predicted molar refractivity (Wildman–Crippen MR) is 44.0 cm³/mol. The van der Waals surface area contributed by atoms with Crippen LogP contribution in [0.2, 0.25) is 0 Å². The van der Waals surface area contributed by atoms with Gasteiger partial charge in [0.25, 0.3) is 0 Å². The first-order chi connectivity index (χ1) is 5.02. The maximum absolute atomic E-state index is 11.2. The molecule has 0 amide bonds. The van der Waals surface area contributed by atoms with E-state index in [9.17, 15) is 4.21 Å². The molecule has 0 saturated carbocycles. The largest absolute Gasteiger partial charge is 0.260 e. The van der Waals surface area contributed by atoms with Crippen molar-refractivity contribution < 1.29 is 4.21 Å². The number of pyridine rings is 1. The zero-order valence-electron chi connectivity index (χ0n) is 6.50. The highest BCUT2D eigenvalue weighted by Gasteiger charge is 2.05. The molecule has 0 radical (unpaired) electrons. The van der Waals surface area contributed by atoms with E-state index in [1.165, 1.54) is 6.26 Å². The van der Waals surface area contributed by atoms with Crippen LogP contribution in [0.5, 0.6) is 0 Å². The molecule has 0 bridgehead atoms. The zero-order chi connectivity index (χ0) is 8.48. The average molecular weight is 170 g/mol. The molecule has 0 aliphatic heterocycles. The summed E-state index contributed by atoms with van der Waals surface area (Å²) in [5.41, 5.74) is 0.676. The van der Waals surface area contributed by atoms with Gasteiger partial charge < -0.3 is 0 Å². The van der Waals surface area contributed by atoms with Gasteiger partial charge in [-0.2, -0.15) is 0 Å². The number of aromatic nitrogens is 1. The number of aryl methyl sites for hydroxylation is 1. The lowest BCUT2D eigenvalue weighted by molar-refractivity contribution is 0.678. The molecule has 0 unspecified atom stereocenters. The molecule has 1 aromatic rings. The van der Waals surface area contributed by atoms with Crippen molar-refractivity contribution in [2.24, 2.45) is 0 Å². The number of nitrogens with zero attached hydrogens (tertiary/aromatic N) is 1. The van der Waals surface area contributed by atoms with E-state index < -0.39 is 9.73 Å². The molecule has 0 spiro atoms. The molecule has 1 rings (SSSR count). The molecule has 1 heterocycles. The van der Waals surface area contributed by atoms with Crippen molar-refractivity contribution in [3.05, 3.63) is 24.0 Å². The normalized spacial score (nSPS) is 15.8. The van der Waals surface area contributed by atoms with Crippen molar-refractivity contribution in [2.75, 3.05) is 6.26 Å². The summed E-state index contributed by atoms with van der Waals surface area (Å²) in [6, 6.07) is 3.37. The van der Waals surface area contributed by atoms with Gasteiger partial charge in [-0.25, -0.2) is 8.99 Å². The maximum atomic E-state index is 11.2. The summed E-state index contributed by atoms with van der Waals surface area (Å²) in [7, 11) is -2.60. The summed E-state index contributed by atoms with van der Waals surface area (Å²) in [6.45, 7) is 1.76. The molecule has 11 heavy (non-hydrogen) atoms. The fourth-order valence-electron chi connectivity index (χ4n) is 0.881. The summed E-state index contributed by atoms with van der Waals surface area (Å²) >= 11 is 0. The molecule has 0 saturated heterocycles. The number of nitrogens with one attached hydrogen (secondary N) is 1. The molecular weight excluding hydrogens is 160 g/mol. The van der Waals surface area contributed by atoms with E-state index in [1.54, 1.807) is 25.3 Å². The highest BCUT2D eigenvalue weighted by molar-refractivity contribution is 7.91. The van der Waals surface area contributed by atoms with Gasteiger partial charge in [-0.1, -0.05) is 0 Å². The van der Waals surface area contributed by atoms with Crippen molar-refractivity contribution in [1.82, 2.24) is 4.98 Å². The smallest absolute Gasteiger partial charge is 0.0714 e. The van der Waals surface area contributed by atoms with Crippen LogP contribution >= 0.6 is 0 Å². The van der Waals surface area contributed by atoms with Gasteiger partial charge in [0.05, 0.1) is 20.3 Å². The van der Waals surface area contributed by atoms with Crippen LogP contribution < -0.4 is 0 Å². The minimum absolute atomic E-state index is 0.528. The van der Waals surface area contributed by atoms with E-state index in [0.29, 0.717) is 10.6 Å². The monoisotopic (exact) mass is 170 g/mol. The Balaban J connectivity index is 3.37. The second kappa shape index (κ2) is 2.62. The lowest BCUT2D eigenvalue weighted by atomic mass is 10.4. The topological polar surface area (TPSA) is 53.8 Å². The minimum Gasteiger partial charge on any atom is -0.260 e. The lowest BCUT2D eigenvalue weighted by Gasteiger charge is -2.02. The molecule has 0 aliphatic carbocycles. The van der Waals surface area contributed by atoms with E-state index in [2.05, 4.69) is 4.98 Å². The van der Waals surface area contributed by atoms with Crippen molar-refractivity contribution in [1.29, 1.82) is 4.78 Å². The molecule has 1 atom stereocenters. The second-order valence-electron chi connectivity index (χ2n) is 2.43. The van der Waals surface area contributed by atoms with Crippen molar-refractivity contribution >= 4 is 9.73 Å². The molecule has 3 nitrogen and oxygen atoms in total. The Morgan fingerprint density at radius 3 is 2.64 bits per heavy atom. The summed E-state index contributed by atoms with van der Waals surface area (Å²) in [4.78, 5) is 4.47. The van der Waals surface area contributed by atoms with Crippen LogP contribution in [0.3, 0.4) is 0 Å². The molecule has 0 aromatic carbocycles. The second-order valence-corrected chi connectivity index (χ2v) is 4.56. The quantitative estimate of drug-likeness (QED) is 0.693. The Bertz CT molecular complexity index is 356. The number of hydrogen-bond acceptors (Lipinski definition) is 3. The highest BCUT2D eigenvalue weighted by Crippen LogP contribution is 2.11. The van der Waals surface area contributed by atoms with Gasteiger partial charge in [-0.15, -0.1) is 0 Å². The summed E-state index contributed by atoms with van der Waals surface area (Å²) in [5, 5.41) is 0. The van der Waals surface area contributed by atoms with Gasteiger partial charge in [-0.05, 0) is 19.1 Å². The summed E-state index contributed by atoms with van der Waals surface area (Å²) < 4.78 is 18.5. The van der Waals surface area contributed by atoms with Gasteiger partial charge in [0.2, 0.25) is 0 Å². The minimum atomic E-state index is -2.60. The highest BCUT2D eigenvalue weighted by atomic mass is 32.2.